The minimum absolute atomic E-state index is 0.0244. The molecule has 86 valence electrons. The van der Waals surface area contributed by atoms with Crippen LogP contribution in [0.1, 0.15) is 56.1 Å². The summed E-state index contributed by atoms with van der Waals surface area (Å²) in [4.78, 5) is 11.7. The first kappa shape index (κ1) is 11.2. The largest absolute Gasteiger partial charge is 0.451 e. The van der Waals surface area contributed by atoms with Gasteiger partial charge in [-0.3, -0.25) is 0 Å². The zero-order valence-corrected chi connectivity index (χ0v) is 10.5. The van der Waals surface area contributed by atoms with E-state index < -0.39 is 5.60 Å². The molecule has 0 fully saturated rings. The minimum atomic E-state index is -0.504. The fraction of sp³-hybridized carbons (Fsp3) is 0.500. The highest BCUT2D eigenvalue weighted by Crippen LogP contribution is 2.41. The van der Waals surface area contributed by atoms with E-state index in [-0.39, 0.29) is 11.4 Å². The van der Waals surface area contributed by atoms with Gasteiger partial charge in [-0.25, -0.2) is 4.79 Å². The van der Waals surface area contributed by atoms with Crippen molar-refractivity contribution in [2.24, 2.45) is 0 Å². The summed E-state index contributed by atoms with van der Waals surface area (Å²) in [7, 11) is 0. The van der Waals surface area contributed by atoms with Gasteiger partial charge >= 0.3 is 5.97 Å². The predicted octanol–water partition coefficient (Wildman–Crippen LogP) is 3.39. The summed E-state index contributed by atoms with van der Waals surface area (Å²) in [6.45, 7) is 10.4. The van der Waals surface area contributed by atoms with Crippen LogP contribution in [0.15, 0.2) is 18.2 Å². The van der Waals surface area contributed by atoms with Crippen molar-refractivity contribution in [3.8, 4) is 0 Å². The molecule has 0 aliphatic carbocycles. The van der Waals surface area contributed by atoms with E-state index in [0.717, 1.165) is 11.1 Å². The molecule has 2 heteroatoms. The maximum absolute atomic E-state index is 11.7. The Morgan fingerprint density at radius 2 is 1.81 bits per heavy atom. The Balaban J connectivity index is 2.74. The van der Waals surface area contributed by atoms with Gasteiger partial charge in [-0.15, -0.1) is 0 Å². The first-order valence-electron chi connectivity index (χ1n) is 5.61. The van der Waals surface area contributed by atoms with Crippen molar-refractivity contribution in [1.29, 1.82) is 0 Å². The van der Waals surface area contributed by atoms with Crippen LogP contribution in [0.4, 0.5) is 0 Å². The summed E-state index contributed by atoms with van der Waals surface area (Å²) in [5.41, 5.74) is 2.48. The Kier molecular flexibility index (Phi) is 2.16. The van der Waals surface area contributed by atoms with E-state index in [9.17, 15) is 4.79 Å². The van der Waals surface area contributed by atoms with Gasteiger partial charge in [0.15, 0.2) is 0 Å². The molecule has 0 unspecified atom stereocenters. The average molecular weight is 218 g/mol. The molecule has 0 amide bonds. The lowest BCUT2D eigenvalue weighted by Crippen LogP contribution is -2.23. The molecule has 0 spiro atoms. The molecule has 0 bridgehead atoms. The number of benzene rings is 1. The first-order chi connectivity index (χ1) is 7.23. The van der Waals surface area contributed by atoms with Crippen LogP contribution >= 0.6 is 0 Å². The topological polar surface area (TPSA) is 26.3 Å². The highest BCUT2D eigenvalue weighted by Gasteiger charge is 2.41. The molecule has 1 aromatic carbocycles. The highest BCUT2D eigenvalue weighted by atomic mass is 16.6. The number of rotatable bonds is 0. The van der Waals surface area contributed by atoms with Gasteiger partial charge in [0.05, 0.1) is 5.56 Å². The van der Waals surface area contributed by atoms with Crippen molar-refractivity contribution in [3.05, 3.63) is 34.9 Å². The van der Waals surface area contributed by atoms with E-state index in [1.165, 1.54) is 5.56 Å². The van der Waals surface area contributed by atoms with E-state index in [1.807, 2.05) is 26.0 Å². The van der Waals surface area contributed by atoms with Gasteiger partial charge in [0, 0.05) is 5.56 Å². The van der Waals surface area contributed by atoms with Crippen LogP contribution in [0.2, 0.25) is 0 Å². The van der Waals surface area contributed by atoms with Gasteiger partial charge in [-0.1, -0.05) is 32.9 Å². The van der Waals surface area contributed by atoms with Crippen LogP contribution in [0, 0.1) is 0 Å². The predicted molar refractivity (Wildman–Crippen MR) is 63.6 cm³/mol. The normalized spacial score (nSPS) is 18.2. The van der Waals surface area contributed by atoms with Crippen molar-refractivity contribution in [3.63, 3.8) is 0 Å². The molecule has 0 saturated heterocycles. The van der Waals surface area contributed by atoms with Crippen molar-refractivity contribution in [2.45, 2.75) is 45.6 Å². The van der Waals surface area contributed by atoms with E-state index in [4.69, 9.17) is 4.74 Å². The molecule has 1 aromatic rings. The van der Waals surface area contributed by atoms with Crippen LogP contribution in [0.3, 0.4) is 0 Å². The third-order valence-corrected chi connectivity index (χ3v) is 3.04. The van der Waals surface area contributed by atoms with Crippen LogP contribution in [-0.2, 0) is 15.8 Å². The zero-order valence-electron chi connectivity index (χ0n) is 10.5. The van der Waals surface area contributed by atoms with E-state index in [1.54, 1.807) is 0 Å². The fourth-order valence-electron chi connectivity index (χ4n) is 2.33. The Labute approximate surface area is 96.6 Å². The summed E-state index contributed by atoms with van der Waals surface area (Å²) in [5.74, 6) is -0.203. The van der Waals surface area contributed by atoms with Crippen molar-refractivity contribution in [2.75, 3.05) is 0 Å². The summed E-state index contributed by atoms with van der Waals surface area (Å²) in [6, 6.07) is 5.87. The smallest absolute Gasteiger partial charge is 0.339 e. The molecule has 0 saturated carbocycles. The molecular formula is C14H18O2. The molecule has 2 rings (SSSR count). The monoisotopic (exact) mass is 218 g/mol. The van der Waals surface area contributed by atoms with E-state index in [0.29, 0.717) is 0 Å². The van der Waals surface area contributed by atoms with Crippen molar-refractivity contribution in [1.82, 2.24) is 0 Å². The van der Waals surface area contributed by atoms with E-state index in [2.05, 4.69) is 26.8 Å². The molecule has 0 N–H and O–H groups in total. The summed E-state index contributed by atoms with van der Waals surface area (Å²) in [5, 5.41) is 0. The molecule has 16 heavy (non-hydrogen) atoms. The van der Waals surface area contributed by atoms with E-state index >= 15 is 0 Å². The second-order valence-corrected chi connectivity index (χ2v) is 5.88. The standard InChI is InChI=1S/C14H18O2/c1-13(2,3)10-8-6-7-9-11(10)14(4,5)16-12(9)15/h6-8H,1-5H3. The molecule has 1 aliphatic rings. The zero-order chi connectivity index (χ0) is 12.1. The van der Waals surface area contributed by atoms with Crippen molar-refractivity contribution < 1.29 is 9.53 Å². The Bertz CT molecular complexity index is 450. The number of hydrogen-bond acceptors (Lipinski definition) is 2. The number of carbonyl (C=O) groups excluding carboxylic acids is 1. The lowest BCUT2D eigenvalue weighted by Gasteiger charge is -2.27. The summed E-state index contributed by atoms with van der Waals surface area (Å²) in [6.07, 6.45) is 0. The first-order valence-corrected chi connectivity index (χ1v) is 5.61. The SMILES string of the molecule is CC(C)(C)c1cccc2c1C(C)(C)OC2=O. The number of ether oxygens (including phenoxy) is 1. The number of esters is 1. The van der Waals surface area contributed by atoms with Gasteiger partial charge in [-0.05, 0) is 30.9 Å². The third kappa shape index (κ3) is 1.53. The number of cyclic esters (lactones) is 1. The van der Waals surface area contributed by atoms with Crippen molar-refractivity contribution >= 4 is 5.97 Å². The molecule has 2 nitrogen and oxygen atoms in total. The maximum atomic E-state index is 11.7. The van der Waals surface area contributed by atoms with Gasteiger partial charge < -0.3 is 4.74 Å². The average Bonchev–Trinajstić information content (AvgIpc) is 2.36. The Morgan fingerprint density at radius 3 is 2.38 bits per heavy atom. The summed E-state index contributed by atoms with van der Waals surface area (Å²) >= 11 is 0. The number of hydrogen-bond donors (Lipinski definition) is 0. The second kappa shape index (κ2) is 3.09. The van der Waals surface area contributed by atoms with Gasteiger partial charge in [0.2, 0.25) is 0 Å². The molecule has 1 aliphatic heterocycles. The fourth-order valence-corrected chi connectivity index (χ4v) is 2.33. The molecule has 0 atom stereocenters. The van der Waals surface area contributed by atoms with Crippen LogP contribution in [0.5, 0.6) is 0 Å². The summed E-state index contributed by atoms with van der Waals surface area (Å²) < 4.78 is 5.42. The van der Waals surface area contributed by atoms with Crippen LogP contribution in [0.25, 0.3) is 0 Å². The second-order valence-electron chi connectivity index (χ2n) is 5.88. The lowest BCUT2D eigenvalue weighted by atomic mass is 9.78. The van der Waals surface area contributed by atoms with Crippen LogP contribution < -0.4 is 0 Å². The Morgan fingerprint density at radius 1 is 1.19 bits per heavy atom. The maximum Gasteiger partial charge on any atom is 0.339 e. The number of fused-ring (bicyclic) bond motifs is 1. The number of carbonyl (C=O) groups is 1. The quantitative estimate of drug-likeness (QED) is 0.624. The Hall–Kier alpha value is -1.31. The molecule has 0 aromatic heterocycles. The van der Waals surface area contributed by atoms with Crippen LogP contribution in [-0.4, -0.2) is 5.97 Å². The van der Waals surface area contributed by atoms with Gasteiger partial charge in [0.25, 0.3) is 0 Å². The molecule has 0 radical (unpaired) electrons. The van der Waals surface area contributed by atoms with Gasteiger partial charge in [-0.2, -0.15) is 0 Å². The van der Waals surface area contributed by atoms with Gasteiger partial charge in [0.1, 0.15) is 5.60 Å². The highest BCUT2D eigenvalue weighted by molar-refractivity contribution is 5.95. The third-order valence-electron chi connectivity index (χ3n) is 3.04. The minimum Gasteiger partial charge on any atom is -0.451 e. The molecular weight excluding hydrogens is 200 g/mol. The lowest BCUT2D eigenvalue weighted by molar-refractivity contribution is 0.00908. The molecule has 1 heterocycles.